The van der Waals surface area contributed by atoms with Crippen molar-refractivity contribution in [3.05, 3.63) is 60.2 Å². The summed E-state index contributed by atoms with van der Waals surface area (Å²) in [6.45, 7) is 7.39. The van der Waals surface area contributed by atoms with E-state index in [0.717, 1.165) is 18.8 Å². The number of nitrogens with zero attached hydrogens (tertiary/aromatic N) is 2. The number of anilines is 2. The molecule has 9 nitrogen and oxygen atoms in total. The highest BCUT2D eigenvalue weighted by molar-refractivity contribution is 9.09. The van der Waals surface area contributed by atoms with Gasteiger partial charge in [-0.15, -0.1) is 0 Å². The second-order valence-electron chi connectivity index (χ2n) is 10.5. The Balaban J connectivity index is 1.54. The van der Waals surface area contributed by atoms with Gasteiger partial charge >= 0.3 is 5.97 Å². The first-order chi connectivity index (χ1) is 19.3. The van der Waals surface area contributed by atoms with Gasteiger partial charge in [0, 0.05) is 29.3 Å². The third kappa shape index (κ3) is 4.59. The molecule has 0 radical (unpaired) electrons. The molecule has 2 aromatic carbocycles. The number of hydrogen-bond acceptors (Lipinski definition) is 7. The number of carbonyl (C=O) groups excluding carboxylic acids is 3. The maximum absolute atomic E-state index is 14.3. The van der Waals surface area contributed by atoms with Gasteiger partial charge in [-0.3, -0.25) is 14.4 Å². The molecule has 10 heteroatoms. The van der Waals surface area contributed by atoms with Crippen molar-refractivity contribution in [1.82, 2.24) is 4.90 Å². The molecule has 2 aromatic rings. The van der Waals surface area contributed by atoms with Gasteiger partial charge in [0.15, 0.2) is 0 Å². The Bertz CT molecular complexity index is 1240. The number of aliphatic hydroxyl groups excluding tert-OH is 1. The molecule has 3 heterocycles. The first kappa shape index (κ1) is 28.6. The van der Waals surface area contributed by atoms with Crippen LogP contribution in [0.15, 0.2) is 54.6 Å². The number of likely N-dealkylation sites (tertiary alicyclic amines) is 1. The molecule has 3 fully saturated rings. The fraction of sp³-hybridized carbons (Fsp3) is 0.500. The molecule has 2 amide bonds. The zero-order chi connectivity index (χ0) is 28.6. The summed E-state index contributed by atoms with van der Waals surface area (Å²) in [6, 6.07) is 14.8. The maximum Gasteiger partial charge on any atom is 0.312 e. The van der Waals surface area contributed by atoms with Gasteiger partial charge in [0.05, 0.1) is 37.2 Å². The first-order valence-electron chi connectivity index (χ1n) is 13.9. The lowest BCUT2D eigenvalue weighted by Gasteiger charge is -2.37. The van der Waals surface area contributed by atoms with E-state index in [0.29, 0.717) is 17.7 Å². The minimum atomic E-state index is -1.25. The van der Waals surface area contributed by atoms with Crippen LogP contribution in [0.1, 0.15) is 38.8 Å². The van der Waals surface area contributed by atoms with E-state index in [-0.39, 0.29) is 17.3 Å². The maximum atomic E-state index is 14.3. The smallest absolute Gasteiger partial charge is 0.312 e. The SMILES string of the molecule is CCOC(=O)[C@H]1[C@@H]2O[C@@]3(CC2Br)[C@@H]1C(=O)N([C@H](CO)c1ccccc1)[C@@H]3C(=O)Nc1ccc(N(CC)CC)cc1. The van der Waals surface area contributed by atoms with E-state index in [1.54, 1.807) is 6.92 Å². The van der Waals surface area contributed by atoms with Crippen LogP contribution in [0.3, 0.4) is 0 Å². The number of halogens is 1. The van der Waals surface area contributed by atoms with E-state index in [9.17, 15) is 19.5 Å². The summed E-state index contributed by atoms with van der Waals surface area (Å²) in [6.07, 6.45) is -0.227. The van der Waals surface area contributed by atoms with Crippen LogP contribution < -0.4 is 10.2 Å². The van der Waals surface area contributed by atoms with Crippen LogP contribution in [0.25, 0.3) is 0 Å². The van der Waals surface area contributed by atoms with Gasteiger partial charge in [0.1, 0.15) is 11.6 Å². The molecule has 40 heavy (non-hydrogen) atoms. The number of carbonyl (C=O) groups is 3. The lowest BCUT2D eigenvalue weighted by Crippen LogP contribution is -2.54. The molecule has 3 aliphatic heterocycles. The average Bonchev–Trinajstić information content (AvgIpc) is 3.55. The molecular formula is C30H36BrN3O6. The Morgan fingerprint density at radius 3 is 2.42 bits per heavy atom. The van der Waals surface area contributed by atoms with Gasteiger partial charge < -0.3 is 29.7 Å². The number of fused-ring (bicyclic) bond motifs is 1. The summed E-state index contributed by atoms with van der Waals surface area (Å²) in [5.74, 6) is -3.08. The Kier molecular flexibility index (Phi) is 8.22. The van der Waals surface area contributed by atoms with E-state index in [4.69, 9.17) is 9.47 Å². The molecular weight excluding hydrogens is 578 g/mol. The lowest BCUT2D eigenvalue weighted by atomic mass is 9.70. The number of amides is 2. The molecule has 1 unspecified atom stereocenters. The molecule has 3 aliphatic rings. The van der Waals surface area contributed by atoms with Crippen molar-refractivity contribution in [3.8, 4) is 0 Å². The van der Waals surface area contributed by atoms with Crippen LogP contribution in [-0.4, -0.2) is 76.7 Å². The van der Waals surface area contributed by atoms with Crippen molar-refractivity contribution in [1.29, 1.82) is 0 Å². The zero-order valence-electron chi connectivity index (χ0n) is 23.0. The van der Waals surface area contributed by atoms with Crippen LogP contribution in [0.2, 0.25) is 0 Å². The average molecular weight is 615 g/mol. The molecule has 1 spiro atoms. The highest BCUT2D eigenvalue weighted by Crippen LogP contribution is 2.61. The van der Waals surface area contributed by atoms with Gasteiger partial charge in [-0.05, 0) is 57.0 Å². The number of hydrogen-bond donors (Lipinski definition) is 2. The fourth-order valence-electron chi connectivity index (χ4n) is 6.80. The Hall–Kier alpha value is -2.95. The van der Waals surface area contributed by atoms with Gasteiger partial charge in [-0.1, -0.05) is 46.3 Å². The van der Waals surface area contributed by atoms with Gasteiger partial charge in [-0.2, -0.15) is 0 Å². The number of benzene rings is 2. The topological polar surface area (TPSA) is 108 Å². The fourth-order valence-corrected chi connectivity index (χ4v) is 7.74. The summed E-state index contributed by atoms with van der Waals surface area (Å²) in [4.78, 5) is 45.0. The number of nitrogens with one attached hydrogen (secondary N) is 1. The number of alkyl halides is 1. The van der Waals surface area contributed by atoms with Crippen molar-refractivity contribution in [2.75, 3.05) is 36.5 Å². The monoisotopic (exact) mass is 613 g/mol. The Morgan fingerprint density at radius 2 is 1.82 bits per heavy atom. The number of ether oxygens (including phenoxy) is 2. The van der Waals surface area contributed by atoms with E-state index in [1.165, 1.54) is 4.90 Å². The summed E-state index contributed by atoms with van der Waals surface area (Å²) in [5.41, 5.74) is 1.06. The number of rotatable bonds is 10. The van der Waals surface area contributed by atoms with Crippen LogP contribution >= 0.6 is 15.9 Å². The molecule has 5 rings (SSSR count). The third-order valence-corrected chi connectivity index (χ3v) is 9.34. The van der Waals surface area contributed by atoms with E-state index in [1.807, 2.05) is 54.6 Å². The minimum Gasteiger partial charge on any atom is -0.466 e. The molecule has 214 valence electrons. The quantitative estimate of drug-likeness (QED) is 0.312. The largest absolute Gasteiger partial charge is 0.466 e. The van der Waals surface area contributed by atoms with Crippen molar-refractivity contribution < 1.29 is 29.0 Å². The summed E-state index contributed by atoms with van der Waals surface area (Å²) in [5, 5.41) is 13.5. The van der Waals surface area contributed by atoms with Crippen molar-refractivity contribution >= 4 is 45.1 Å². The molecule has 2 N–H and O–H groups in total. The van der Waals surface area contributed by atoms with Crippen molar-refractivity contribution in [3.63, 3.8) is 0 Å². The highest BCUT2D eigenvalue weighted by Gasteiger charge is 2.77. The summed E-state index contributed by atoms with van der Waals surface area (Å²) in [7, 11) is 0. The Labute approximate surface area is 242 Å². The van der Waals surface area contributed by atoms with Crippen LogP contribution in [0.4, 0.5) is 11.4 Å². The lowest BCUT2D eigenvalue weighted by molar-refractivity contribution is -0.155. The van der Waals surface area contributed by atoms with Crippen molar-refractivity contribution in [2.24, 2.45) is 11.8 Å². The second kappa shape index (κ2) is 11.5. The molecule has 7 atom stereocenters. The van der Waals surface area contributed by atoms with Crippen LogP contribution in [0.5, 0.6) is 0 Å². The molecule has 2 bridgehead atoms. The van der Waals surface area contributed by atoms with E-state index >= 15 is 0 Å². The molecule has 0 aromatic heterocycles. The van der Waals surface area contributed by atoms with E-state index < -0.39 is 54.1 Å². The van der Waals surface area contributed by atoms with Crippen LogP contribution in [-0.2, 0) is 23.9 Å². The minimum absolute atomic E-state index is 0.170. The highest BCUT2D eigenvalue weighted by atomic mass is 79.9. The van der Waals surface area contributed by atoms with Crippen LogP contribution in [0, 0.1) is 11.8 Å². The zero-order valence-corrected chi connectivity index (χ0v) is 24.5. The normalized spacial score (nSPS) is 29.3. The van der Waals surface area contributed by atoms with Gasteiger partial charge in [0.25, 0.3) is 0 Å². The molecule has 0 saturated carbocycles. The second-order valence-corrected chi connectivity index (χ2v) is 11.7. The standard InChI is InChI=1S/C30H36BrN3O6/c1-4-33(5-2)20-14-12-19(13-15-20)32-27(36)26-30-16-21(31)25(40-30)23(29(38)39-6-3)24(30)28(37)34(26)22(17-35)18-10-8-7-9-11-18/h7-15,21-26,35H,4-6,16-17H2,1-3H3,(H,32,36)/t21?,22-,23-,24+,25-,26-,30+/m1/s1. The summed E-state index contributed by atoms with van der Waals surface area (Å²) < 4.78 is 11.9. The third-order valence-electron chi connectivity index (χ3n) is 8.49. The predicted molar refractivity (Wildman–Crippen MR) is 154 cm³/mol. The summed E-state index contributed by atoms with van der Waals surface area (Å²) >= 11 is 3.66. The van der Waals surface area contributed by atoms with Gasteiger partial charge in [-0.25, -0.2) is 0 Å². The predicted octanol–water partition coefficient (Wildman–Crippen LogP) is 3.52. The van der Waals surface area contributed by atoms with Gasteiger partial charge in [0.2, 0.25) is 11.8 Å². The Morgan fingerprint density at radius 1 is 1.15 bits per heavy atom. The first-order valence-corrected chi connectivity index (χ1v) is 14.8. The number of aliphatic hydroxyl groups is 1. The van der Waals surface area contributed by atoms with Crippen molar-refractivity contribution in [2.45, 2.75) is 55.8 Å². The molecule has 0 aliphatic carbocycles. The molecule has 3 saturated heterocycles. The number of esters is 1. The van der Waals surface area contributed by atoms with E-state index in [2.05, 4.69) is 40.0 Å².